The molecule has 0 radical (unpaired) electrons. The van der Waals surface area contributed by atoms with Crippen LogP contribution in [0.5, 0.6) is 5.75 Å². The first kappa shape index (κ1) is 18.1. The van der Waals surface area contributed by atoms with Crippen molar-refractivity contribution in [3.63, 3.8) is 0 Å². The highest BCUT2D eigenvalue weighted by Crippen LogP contribution is 2.17. The first-order valence-corrected chi connectivity index (χ1v) is 7.15. The zero-order chi connectivity index (χ0) is 18.4. The summed E-state index contributed by atoms with van der Waals surface area (Å²) in [5.74, 6) is 0.0386. The highest BCUT2D eigenvalue weighted by atomic mass is 19.3. The van der Waals surface area contributed by atoms with Crippen LogP contribution in [0.15, 0.2) is 48.5 Å². The Kier molecular flexibility index (Phi) is 5.83. The molecule has 7 nitrogen and oxygen atoms in total. The Balaban J connectivity index is 1.92. The summed E-state index contributed by atoms with van der Waals surface area (Å²) < 4.78 is 28.4. The summed E-state index contributed by atoms with van der Waals surface area (Å²) in [5, 5.41) is 13.2. The van der Waals surface area contributed by atoms with E-state index in [1.54, 1.807) is 19.2 Å². The normalized spacial score (nSPS) is 10.4. The molecule has 2 aromatic carbocycles. The number of nitrogens with zero attached hydrogens (tertiary/aromatic N) is 2. The van der Waals surface area contributed by atoms with Crippen molar-refractivity contribution in [3.05, 3.63) is 64.2 Å². The van der Waals surface area contributed by atoms with Gasteiger partial charge < -0.3 is 15.0 Å². The Bertz CT molecular complexity index is 736. The Labute approximate surface area is 142 Å². The SMILES string of the molecule is CN(Cc1ccc(OC(F)F)cc1)C(=O)Nc1ccc([N+](=O)[O-])cc1. The number of benzene rings is 2. The fraction of sp³-hybridized carbons (Fsp3) is 0.188. The Morgan fingerprint density at radius 1 is 1.20 bits per heavy atom. The molecular formula is C16H15F2N3O4. The van der Waals surface area contributed by atoms with Gasteiger partial charge in [0.15, 0.2) is 0 Å². The van der Waals surface area contributed by atoms with Gasteiger partial charge in [0.2, 0.25) is 0 Å². The summed E-state index contributed by atoms with van der Waals surface area (Å²) in [4.78, 5) is 23.5. The van der Waals surface area contributed by atoms with Gasteiger partial charge in [-0.1, -0.05) is 12.1 Å². The predicted octanol–water partition coefficient (Wildman–Crippen LogP) is 3.86. The number of urea groups is 1. The molecule has 0 bridgehead atoms. The number of halogens is 2. The molecule has 9 heteroatoms. The van der Waals surface area contributed by atoms with E-state index < -0.39 is 17.6 Å². The maximum absolute atomic E-state index is 12.1. The number of ether oxygens (including phenoxy) is 1. The van der Waals surface area contributed by atoms with Gasteiger partial charge >= 0.3 is 12.6 Å². The van der Waals surface area contributed by atoms with Crippen LogP contribution in [-0.4, -0.2) is 29.5 Å². The van der Waals surface area contributed by atoms with Gasteiger partial charge in [0.1, 0.15) is 5.75 Å². The molecule has 0 saturated carbocycles. The standard InChI is InChI=1S/C16H15F2N3O4/c1-20(10-11-2-8-14(9-3-11)25-15(17)18)16(22)19-12-4-6-13(7-5-12)21(23)24/h2-9,15H,10H2,1H3,(H,19,22). The number of rotatable bonds is 6. The topological polar surface area (TPSA) is 84.7 Å². The van der Waals surface area contributed by atoms with Crippen LogP contribution in [0.2, 0.25) is 0 Å². The molecule has 1 N–H and O–H groups in total. The number of carbonyl (C=O) groups is 1. The molecule has 0 aliphatic rings. The molecule has 0 aromatic heterocycles. The van der Waals surface area contributed by atoms with E-state index in [0.717, 1.165) is 5.56 Å². The third-order valence-electron chi connectivity index (χ3n) is 3.24. The molecular weight excluding hydrogens is 336 g/mol. The molecule has 0 heterocycles. The lowest BCUT2D eigenvalue weighted by atomic mass is 10.2. The van der Waals surface area contributed by atoms with Gasteiger partial charge in [0.05, 0.1) is 4.92 Å². The summed E-state index contributed by atoms with van der Waals surface area (Å²) in [7, 11) is 1.56. The monoisotopic (exact) mass is 351 g/mol. The molecule has 0 aliphatic carbocycles. The van der Waals surface area contributed by atoms with Gasteiger partial charge in [-0.3, -0.25) is 10.1 Å². The van der Waals surface area contributed by atoms with E-state index >= 15 is 0 Å². The zero-order valence-corrected chi connectivity index (χ0v) is 13.2. The molecule has 0 fully saturated rings. The van der Waals surface area contributed by atoms with Crippen LogP contribution in [0.4, 0.5) is 25.0 Å². The molecule has 0 spiro atoms. The second kappa shape index (κ2) is 8.04. The number of hydrogen-bond acceptors (Lipinski definition) is 4. The minimum atomic E-state index is -2.89. The highest BCUT2D eigenvalue weighted by Gasteiger charge is 2.11. The molecule has 2 aromatic rings. The molecule has 25 heavy (non-hydrogen) atoms. The van der Waals surface area contributed by atoms with E-state index in [2.05, 4.69) is 10.1 Å². The van der Waals surface area contributed by atoms with Gasteiger partial charge in [-0.25, -0.2) is 4.79 Å². The lowest BCUT2D eigenvalue weighted by Gasteiger charge is -2.18. The first-order valence-electron chi connectivity index (χ1n) is 7.15. The molecule has 2 rings (SSSR count). The summed E-state index contributed by atoms with van der Waals surface area (Å²) in [6, 6.07) is 11.0. The van der Waals surface area contributed by atoms with Gasteiger partial charge in [0, 0.05) is 31.4 Å². The van der Waals surface area contributed by atoms with Crippen LogP contribution in [0.1, 0.15) is 5.56 Å². The first-order chi connectivity index (χ1) is 11.8. The summed E-state index contributed by atoms with van der Waals surface area (Å²) in [6.07, 6.45) is 0. The quantitative estimate of drug-likeness (QED) is 0.633. The number of non-ortho nitro benzene ring substituents is 1. The number of alkyl halides is 2. The van der Waals surface area contributed by atoms with E-state index in [4.69, 9.17) is 0 Å². The van der Waals surface area contributed by atoms with E-state index in [0.29, 0.717) is 5.69 Å². The highest BCUT2D eigenvalue weighted by molar-refractivity contribution is 5.89. The summed E-state index contributed by atoms with van der Waals surface area (Å²) >= 11 is 0. The Hall–Kier alpha value is -3.23. The summed E-state index contributed by atoms with van der Waals surface area (Å²) in [6.45, 7) is -2.64. The van der Waals surface area contributed by atoms with Crippen molar-refractivity contribution in [1.82, 2.24) is 4.90 Å². The van der Waals surface area contributed by atoms with E-state index in [-0.39, 0.29) is 18.0 Å². The average molecular weight is 351 g/mol. The number of anilines is 1. The number of nitro groups is 1. The fourth-order valence-electron chi connectivity index (χ4n) is 2.01. The molecule has 0 unspecified atom stereocenters. The van der Waals surface area contributed by atoms with Gasteiger partial charge in [-0.15, -0.1) is 0 Å². The third-order valence-corrected chi connectivity index (χ3v) is 3.24. The third kappa shape index (κ3) is 5.41. The Morgan fingerprint density at radius 2 is 1.80 bits per heavy atom. The van der Waals surface area contributed by atoms with Gasteiger partial charge in [-0.05, 0) is 29.8 Å². The second-order valence-corrected chi connectivity index (χ2v) is 5.11. The number of carbonyl (C=O) groups excluding carboxylic acids is 1. The zero-order valence-electron chi connectivity index (χ0n) is 13.2. The van der Waals surface area contributed by atoms with Crippen LogP contribution in [-0.2, 0) is 6.54 Å². The van der Waals surface area contributed by atoms with Crippen molar-refractivity contribution >= 4 is 17.4 Å². The number of nitro benzene ring substituents is 1. The maximum atomic E-state index is 12.1. The average Bonchev–Trinajstić information content (AvgIpc) is 2.56. The fourth-order valence-corrected chi connectivity index (χ4v) is 2.01. The lowest BCUT2D eigenvalue weighted by molar-refractivity contribution is -0.384. The van der Waals surface area contributed by atoms with Gasteiger partial charge in [0.25, 0.3) is 5.69 Å². The molecule has 0 aliphatic heterocycles. The second-order valence-electron chi connectivity index (χ2n) is 5.11. The van der Waals surface area contributed by atoms with Crippen LogP contribution < -0.4 is 10.1 Å². The van der Waals surface area contributed by atoms with Crippen molar-refractivity contribution in [3.8, 4) is 5.75 Å². The van der Waals surface area contributed by atoms with Crippen molar-refractivity contribution in [2.24, 2.45) is 0 Å². The van der Waals surface area contributed by atoms with Crippen LogP contribution in [0, 0.1) is 10.1 Å². The largest absolute Gasteiger partial charge is 0.435 e. The van der Waals surface area contributed by atoms with Gasteiger partial charge in [-0.2, -0.15) is 8.78 Å². The minimum Gasteiger partial charge on any atom is -0.435 e. The predicted molar refractivity (Wildman–Crippen MR) is 86.7 cm³/mol. The van der Waals surface area contributed by atoms with E-state index in [9.17, 15) is 23.7 Å². The van der Waals surface area contributed by atoms with Crippen LogP contribution >= 0.6 is 0 Å². The van der Waals surface area contributed by atoms with Crippen molar-refractivity contribution < 1.29 is 23.2 Å². The van der Waals surface area contributed by atoms with Crippen molar-refractivity contribution in [1.29, 1.82) is 0 Å². The molecule has 2 amide bonds. The maximum Gasteiger partial charge on any atom is 0.387 e. The smallest absolute Gasteiger partial charge is 0.387 e. The molecule has 0 atom stereocenters. The number of amides is 2. The van der Waals surface area contributed by atoms with E-state index in [1.807, 2.05) is 0 Å². The van der Waals surface area contributed by atoms with E-state index in [1.165, 1.54) is 41.3 Å². The van der Waals surface area contributed by atoms with Crippen molar-refractivity contribution in [2.45, 2.75) is 13.2 Å². The molecule has 0 saturated heterocycles. The van der Waals surface area contributed by atoms with Crippen LogP contribution in [0.3, 0.4) is 0 Å². The Morgan fingerprint density at radius 3 is 2.32 bits per heavy atom. The summed E-state index contributed by atoms with van der Waals surface area (Å²) in [5.41, 5.74) is 1.07. The lowest BCUT2D eigenvalue weighted by Crippen LogP contribution is -2.30. The number of nitrogens with one attached hydrogen (secondary N) is 1. The minimum absolute atomic E-state index is 0.0386. The number of hydrogen-bond donors (Lipinski definition) is 1. The van der Waals surface area contributed by atoms with Crippen molar-refractivity contribution in [2.75, 3.05) is 12.4 Å². The molecule has 132 valence electrons. The van der Waals surface area contributed by atoms with Crippen LogP contribution in [0.25, 0.3) is 0 Å².